The Morgan fingerprint density at radius 2 is 1.60 bits per heavy atom. The van der Waals surface area contributed by atoms with E-state index in [0.717, 1.165) is 0 Å². The van der Waals surface area contributed by atoms with Crippen LogP contribution in [-0.4, -0.2) is 23.3 Å². The van der Waals surface area contributed by atoms with Crippen LogP contribution in [0.3, 0.4) is 0 Å². The lowest BCUT2D eigenvalue weighted by molar-refractivity contribution is -0.152. The van der Waals surface area contributed by atoms with Gasteiger partial charge in [0.15, 0.2) is 11.6 Å². The number of rotatable bonds is 2. The topological polar surface area (TPSA) is 51.2 Å². The zero-order valence-electron chi connectivity index (χ0n) is 8.39. The van der Waals surface area contributed by atoms with Crippen LogP contribution < -0.4 is 0 Å². The van der Waals surface area contributed by atoms with Gasteiger partial charge in [-0.3, -0.25) is 14.4 Å². The van der Waals surface area contributed by atoms with Gasteiger partial charge in [-0.05, 0) is 12.8 Å². The van der Waals surface area contributed by atoms with Crippen molar-refractivity contribution < 1.29 is 23.2 Å². The van der Waals surface area contributed by atoms with Crippen LogP contribution in [0.4, 0.5) is 8.78 Å². The molecule has 0 amide bonds. The first-order valence-electron chi connectivity index (χ1n) is 4.81. The molecule has 84 valence electrons. The van der Waals surface area contributed by atoms with Crippen molar-refractivity contribution in [1.82, 2.24) is 0 Å². The first kappa shape index (κ1) is 11.9. The van der Waals surface area contributed by atoms with E-state index in [1.54, 1.807) is 0 Å². The highest BCUT2D eigenvalue weighted by atomic mass is 19.3. The van der Waals surface area contributed by atoms with Crippen molar-refractivity contribution in [2.24, 2.45) is 5.92 Å². The number of carbonyl (C=O) groups is 3. The Balaban J connectivity index is 2.94. The summed E-state index contributed by atoms with van der Waals surface area (Å²) < 4.78 is 25.5. The molecule has 0 heterocycles. The van der Waals surface area contributed by atoms with Crippen LogP contribution in [0.5, 0.6) is 0 Å². The Bertz CT molecular complexity index is 286. The molecule has 1 fully saturated rings. The first-order chi connectivity index (χ1) is 6.84. The van der Waals surface area contributed by atoms with Gasteiger partial charge in [-0.1, -0.05) is 0 Å². The molecule has 0 aromatic heterocycles. The van der Waals surface area contributed by atoms with Crippen LogP contribution >= 0.6 is 0 Å². The molecule has 0 bridgehead atoms. The zero-order chi connectivity index (χ0) is 11.6. The van der Waals surface area contributed by atoms with Gasteiger partial charge in [0, 0.05) is 19.8 Å². The molecule has 1 aliphatic carbocycles. The maximum absolute atomic E-state index is 12.7. The van der Waals surface area contributed by atoms with Crippen LogP contribution in [0.2, 0.25) is 0 Å². The Morgan fingerprint density at radius 3 is 1.93 bits per heavy atom. The van der Waals surface area contributed by atoms with E-state index in [1.807, 2.05) is 0 Å². The summed E-state index contributed by atoms with van der Waals surface area (Å²) in [5, 5.41) is 0. The van der Waals surface area contributed by atoms with Crippen molar-refractivity contribution >= 4 is 17.3 Å². The Morgan fingerprint density at radius 1 is 1.20 bits per heavy atom. The fraction of sp³-hybridized carbons (Fsp3) is 0.700. The summed E-state index contributed by atoms with van der Waals surface area (Å²) in [7, 11) is 0. The lowest BCUT2D eigenvalue weighted by atomic mass is 9.90. The van der Waals surface area contributed by atoms with E-state index in [1.165, 1.54) is 0 Å². The lowest BCUT2D eigenvalue weighted by Crippen LogP contribution is -2.40. The largest absolute Gasteiger partial charge is 0.303 e. The van der Waals surface area contributed by atoms with Crippen LogP contribution in [0.1, 0.15) is 32.6 Å². The summed E-state index contributed by atoms with van der Waals surface area (Å²) in [5.74, 6) is -8.22. The van der Waals surface area contributed by atoms with Gasteiger partial charge in [-0.15, -0.1) is 0 Å². The normalized spacial score (nSPS) is 20.2. The summed E-state index contributed by atoms with van der Waals surface area (Å²) in [6.07, 6.45) is 1.06. The predicted octanol–water partition coefficient (Wildman–Crippen LogP) is 1.54. The third-order valence-electron chi connectivity index (χ3n) is 2.44. The lowest BCUT2D eigenvalue weighted by Gasteiger charge is -2.15. The molecule has 0 aromatic carbocycles. The predicted molar refractivity (Wildman–Crippen MR) is 47.6 cm³/mol. The highest BCUT2D eigenvalue weighted by molar-refractivity contribution is 6.21. The van der Waals surface area contributed by atoms with Crippen molar-refractivity contribution in [2.75, 3.05) is 0 Å². The monoisotopic (exact) mass is 218 g/mol. The second-order valence-electron chi connectivity index (χ2n) is 3.83. The van der Waals surface area contributed by atoms with E-state index in [0.29, 0.717) is 19.8 Å². The van der Waals surface area contributed by atoms with Gasteiger partial charge in [0.2, 0.25) is 5.78 Å². The molecule has 15 heavy (non-hydrogen) atoms. The summed E-state index contributed by atoms with van der Waals surface area (Å²) >= 11 is 0. The number of hydrogen-bond donors (Lipinski definition) is 0. The van der Waals surface area contributed by atoms with Gasteiger partial charge < -0.3 is 0 Å². The quantitative estimate of drug-likeness (QED) is 0.521. The number of ketones is 3. The van der Waals surface area contributed by atoms with E-state index in [-0.39, 0.29) is 12.8 Å². The smallest absolute Gasteiger partial charge is 0.298 e. The first-order valence-corrected chi connectivity index (χ1v) is 4.81. The molecule has 0 saturated heterocycles. The molecule has 0 aliphatic heterocycles. The van der Waals surface area contributed by atoms with Crippen molar-refractivity contribution in [1.29, 1.82) is 0 Å². The number of alkyl halides is 2. The van der Waals surface area contributed by atoms with E-state index < -0.39 is 29.2 Å². The standard InChI is InChI=1S/C10H12F2O3/c1-10(11,12)9(15)8-6(13)4-2-3-5-7(8)14/h8H,2-5H2,1H3. The second kappa shape index (κ2) is 4.16. The highest BCUT2D eigenvalue weighted by Gasteiger charge is 2.45. The molecule has 0 unspecified atom stereocenters. The summed E-state index contributed by atoms with van der Waals surface area (Å²) in [6, 6.07) is 0. The molecule has 3 nitrogen and oxygen atoms in total. The Hall–Kier alpha value is -1.13. The minimum absolute atomic E-state index is 0.0399. The number of Topliss-reactive ketones (excluding diaryl/α,β-unsaturated/α-hetero) is 3. The van der Waals surface area contributed by atoms with Crippen molar-refractivity contribution in [2.45, 2.75) is 38.5 Å². The van der Waals surface area contributed by atoms with Crippen molar-refractivity contribution in [3.8, 4) is 0 Å². The average molecular weight is 218 g/mol. The van der Waals surface area contributed by atoms with Crippen molar-refractivity contribution in [3.63, 3.8) is 0 Å². The van der Waals surface area contributed by atoms with E-state index >= 15 is 0 Å². The number of hydrogen-bond acceptors (Lipinski definition) is 3. The molecule has 0 atom stereocenters. The van der Waals surface area contributed by atoms with Gasteiger partial charge in [-0.2, -0.15) is 8.78 Å². The molecule has 1 aliphatic rings. The summed E-state index contributed by atoms with van der Waals surface area (Å²) in [6.45, 7) is 0.417. The third-order valence-corrected chi connectivity index (χ3v) is 2.44. The zero-order valence-corrected chi connectivity index (χ0v) is 8.39. The third kappa shape index (κ3) is 2.67. The van der Waals surface area contributed by atoms with E-state index in [9.17, 15) is 23.2 Å². The molecular formula is C10H12F2O3. The van der Waals surface area contributed by atoms with E-state index in [4.69, 9.17) is 0 Å². The van der Waals surface area contributed by atoms with Gasteiger partial charge in [0.05, 0.1) is 0 Å². The van der Waals surface area contributed by atoms with Gasteiger partial charge in [0.1, 0.15) is 5.92 Å². The maximum Gasteiger partial charge on any atom is 0.303 e. The molecule has 0 aromatic rings. The van der Waals surface area contributed by atoms with Gasteiger partial charge in [-0.25, -0.2) is 0 Å². The summed E-state index contributed by atoms with van der Waals surface area (Å²) in [4.78, 5) is 33.9. The SMILES string of the molecule is CC(F)(F)C(=O)C1C(=O)CCCCC1=O. The fourth-order valence-electron chi connectivity index (χ4n) is 1.61. The molecule has 5 heteroatoms. The van der Waals surface area contributed by atoms with Crippen molar-refractivity contribution in [3.05, 3.63) is 0 Å². The van der Waals surface area contributed by atoms with Gasteiger partial charge in [0.25, 0.3) is 0 Å². The minimum Gasteiger partial charge on any atom is -0.298 e. The molecule has 0 spiro atoms. The fourth-order valence-corrected chi connectivity index (χ4v) is 1.61. The van der Waals surface area contributed by atoms with Crippen LogP contribution in [0.15, 0.2) is 0 Å². The van der Waals surface area contributed by atoms with Crippen LogP contribution in [0, 0.1) is 5.92 Å². The van der Waals surface area contributed by atoms with Crippen LogP contribution in [-0.2, 0) is 14.4 Å². The second-order valence-corrected chi connectivity index (χ2v) is 3.83. The number of halogens is 2. The van der Waals surface area contributed by atoms with E-state index in [2.05, 4.69) is 0 Å². The molecule has 1 saturated carbocycles. The summed E-state index contributed by atoms with van der Waals surface area (Å²) in [5.41, 5.74) is 0. The maximum atomic E-state index is 12.7. The Kier molecular flexibility index (Phi) is 3.31. The molecule has 1 rings (SSSR count). The Labute approximate surface area is 85.8 Å². The molecule has 0 N–H and O–H groups in total. The highest BCUT2D eigenvalue weighted by Crippen LogP contribution is 2.25. The van der Waals surface area contributed by atoms with Crippen LogP contribution in [0.25, 0.3) is 0 Å². The average Bonchev–Trinajstić information content (AvgIpc) is 2.25. The molecular weight excluding hydrogens is 206 g/mol. The molecule has 0 radical (unpaired) electrons. The number of carbonyl (C=O) groups excluding carboxylic acids is 3. The van der Waals surface area contributed by atoms with Gasteiger partial charge >= 0.3 is 5.92 Å². The minimum atomic E-state index is -3.61.